The van der Waals surface area contributed by atoms with Crippen molar-refractivity contribution in [2.45, 2.75) is 51.0 Å². The van der Waals surface area contributed by atoms with Crippen molar-refractivity contribution in [3.05, 3.63) is 61.6 Å². The first kappa shape index (κ1) is 26.2. The van der Waals surface area contributed by atoms with Gasteiger partial charge in [-0.05, 0) is 55.7 Å². The van der Waals surface area contributed by atoms with Gasteiger partial charge in [-0.3, -0.25) is 4.79 Å². The fraction of sp³-hybridized carbons (Fsp3) is 0.385. The molecule has 3 aromatic rings. The normalized spacial score (nSPS) is 15.2. The Kier molecular flexibility index (Phi) is 8.31. The maximum absolute atomic E-state index is 13.5. The summed E-state index contributed by atoms with van der Waals surface area (Å²) in [6.45, 7) is 1.56. The van der Waals surface area contributed by atoms with E-state index < -0.39 is 12.1 Å². The van der Waals surface area contributed by atoms with Crippen LogP contribution in [0.4, 0.5) is 0 Å². The molecule has 1 saturated carbocycles. The van der Waals surface area contributed by atoms with Gasteiger partial charge in [0.25, 0.3) is 5.56 Å². The Morgan fingerprint density at radius 1 is 1.22 bits per heavy atom. The third-order valence-corrected chi connectivity index (χ3v) is 6.98. The molecule has 1 heterocycles. The van der Waals surface area contributed by atoms with Crippen molar-refractivity contribution >= 4 is 50.6 Å². The van der Waals surface area contributed by atoms with Crippen molar-refractivity contribution < 1.29 is 19.0 Å². The maximum atomic E-state index is 13.5. The molecule has 0 radical (unpaired) electrons. The first-order chi connectivity index (χ1) is 17.3. The first-order valence-electron chi connectivity index (χ1n) is 11.7. The fourth-order valence-corrected chi connectivity index (χ4v) is 4.97. The lowest BCUT2D eigenvalue weighted by atomic mass is 9.88. The summed E-state index contributed by atoms with van der Waals surface area (Å²) in [5, 5.41) is 5.26. The number of benzene rings is 2. The lowest BCUT2D eigenvalue weighted by Crippen LogP contribution is -2.25. The number of nitrogens with zero attached hydrogens (tertiary/aromatic N) is 3. The summed E-state index contributed by atoms with van der Waals surface area (Å²) < 4.78 is 18.0. The van der Waals surface area contributed by atoms with Crippen LogP contribution in [0.1, 0.15) is 56.3 Å². The molecule has 8 nitrogen and oxygen atoms in total. The highest BCUT2D eigenvalue weighted by Gasteiger charge is 2.23. The number of esters is 1. The molecule has 0 aliphatic heterocycles. The van der Waals surface area contributed by atoms with Gasteiger partial charge in [0, 0.05) is 10.4 Å². The lowest BCUT2D eigenvalue weighted by molar-refractivity contribution is -0.147. The van der Waals surface area contributed by atoms with Gasteiger partial charge >= 0.3 is 5.97 Å². The summed E-state index contributed by atoms with van der Waals surface area (Å²) in [5.41, 5.74) is 1.01. The largest absolute Gasteiger partial charge is 0.493 e. The number of halogens is 2. The Morgan fingerprint density at radius 3 is 2.67 bits per heavy atom. The summed E-state index contributed by atoms with van der Waals surface area (Å²) >= 11 is 9.90. The Bertz CT molecular complexity index is 1370. The van der Waals surface area contributed by atoms with Crippen LogP contribution in [0.25, 0.3) is 10.9 Å². The monoisotopic (exact) mass is 575 g/mol. The van der Waals surface area contributed by atoms with Gasteiger partial charge in [-0.1, -0.05) is 46.8 Å². The molecule has 1 atom stereocenters. The summed E-state index contributed by atoms with van der Waals surface area (Å²) in [4.78, 5) is 30.1. The third kappa shape index (κ3) is 5.57. The van der Waals surface area contributed by atoms with Crippen LogP contribution < -0.4 is 15.0 Å². The first-order valence-corrected chi connectivity index (χ1v) is 12.9. The fourth-order valence-electron chi connectivity index (χ4n) is 4.35. The maximum Gasteiger partial charge on any atom is 0.346 e. The van der Waals surface area contributed by atoms with Crippen molar-refractivity contribution in [2.75, 3.05) is 14.2 Å². The van der Waals surface area contributed by atoms with Crippen molar-refractivity contribution in [3.63, 3.8) is 0 Å². The molecule has 2 aromatic carbocycles. The predicted molar refractivity (Wildman–Crippen MR) is 143 cm³/mol. The summed E-state index contributed by atoms with van der Waals surface area (Å²) in [7, 11) is 2.75. The van der Waals surface area contributed by atoms with Crippen molar-refractivity contribution in [1.29, 1.82) is 0 Å². The second-order valence-electron chi connectivity index (χ2n) is 8.65. The van der Waals surface area contributed by atoms with E-state index in [1.165, 1.54) is 25.3 Å². The average Bonchev–Trinajstić information content (AvgIpc) is 2.89. The summed E-state index contributed by atoms with van der Waals surface area (Å²) in [5.74, 6) is 0.816. The van der Waals surface area contributed by atoms with E-state index in [0.29, 0.717) is 28.0 Å². The quantitative estimate of drug-likeness (QED) is 0.265. The standard InChI is InChI=1S/C26H27BrClN3O5/c1-15(26(33)35-3)36-23-20(28)11-16(12-22(23)34-2)14-29-31-24(17-7-5-4-6-8-17)30-21-10-9-18(27)13-19(21)25(31)32/h9-15,17H,4-8H2,1-3H3/t15-/m0/s1. The zero-order chi connectivity index (χ0) is 25.8. The number of fused-ring (bicyclic) bond motifs is 1. The highest BCUT2D eigenvalue weighted by Crippen LogP contribution is 2.37. The average molecular weight is 577 g/mol. The number of ether oxygens (including phenoxy) is 3. The minimum Gasteiger partial charge on any atom is -0.493 e. The molecule has 0 saturated heterocycles. The van der Waals surface area contributed by atoms with Crippen molar-refractivity contribution in [3.8, 4) is 11.5 Å². The molecule has 10 heteroatoms. The smallest absolute Gasteiger partial charge is 0.346 e. The molecule has 0 N–H and O–H groups in total. The second kappa shape index (κ2) is 11.4. The Labute approximate surface area is 222 Å². The number of hydrogen-bond donors (Lipinski definition) is 0. The van der Waals surface area contributed by atoms with E-state index in [1.807, 2.05) is 12.1 Å². The molecule has 0 bridgehead atoms. The molecular formula is C26H27BrClN3O5. The number of hydrogen-bond acceptors (Lipinski definition) is 7. The van der Waals surface area contributed by atoms with Crippen LogP contribution in [0, 0.1) is 0 Å². The van der Waals surface area contributed by atoms with Crippen molar-refractivity contribution in [1.82, 2.24) is 9.66 Å². The van der Waals surface area contributed by atoms with Gasteiger partial charge in [-0.2, -0.15) is 9.78 Å². The third-order valence-electron chi connectivity index (χ3n) is 6.21. The zero-order valence-corrected chi connectivity index (χ0v) is 22.6. The zero-order valence-electron chi connectivity index (χ0n) is 20.3. The number of carbonyl (C=O) groups is 1. The second-order valence-corrected chi connectivity index (χ2v) is 9.97. The van der Waals surface area contributed by atoms with Crippen LogP contribution in [-0.4, -0.2) is 42.2 Å². The lowest BCUT2D eigenvalue weighted by Gasteiger charge is -2.22. The number of aromatic nitrogens is 2. The van der Waals surface area contributed by atoms with Gasteiger partial charge in [-0.25, -0.2) is 9.78 Å². The SMILES string of the molecule is COC(=O)[C@H](C)Oc1c(Cl)cc(C=Nn2c(C3CCCCC3)nc3ccc(Br)cc3c2=O)cc1OC. The van der Waals surface area contributed by atoms with E-state index in [2.05, 4.69) is 21.0 Å². The van der Waals surface area contributed by atoms with Crippen LogP contribution in [0.3, 0.4) is 0 Å². The van der Waals surface area contributed by atoms with E-state index in [0.717, 1.165) is 30.2 Å². The van der Waals surface area contributed by atoms with E-state index in [-0.39, 0.29) is 22.2 Å². The van der Waals surface area contributed by atoms with Gasteiger partial charge < -0.3 is 14.2 Å². The minimum absolute atomic E-state index is 0.158. The van der Waals surface area contributed by atoms with Gasteiger partial charge in [0.2, 0.25) is 0 Å². The number of methoxy groups -OCH3 is 2. The molecule has 1 aromatic heterocycles. The number of carbonyl (C=O) groups excluding carboxylic acids is 1. The van der Waals surface area contributed by atoms with E-state index in [1.54, 1.807) is 31.3 Å². The predicted octanol–water partition coefficient (Wildman–Crippen LogP) is 5.69. The molecule has 1 fully saturated rings. The topological polar surface area (TPSA) is 92.0 Å². The van der Waals surface area contributed by atoms with Gasteiger partial charge in [-0.15, -0.1) is 0 Å². The van der Waals surface area contributed by atoms with Gasteiger partial charge in [0.1, 0.15) is 5.82 Å². The van der Waals surface area contributed by atoms with Crippen LogP contribution in [0.15, 0.2) is 44.7 Å². The number of rotatable bonds is 7. The van der Waals surface area contributed by atoms with Gasteiger partial charge in [0.15, 0.2) is 17.6 Å². The molecule has 0 spiro atoms. The molecule has 1 aliphatic carbocycles. The van der Waals surface area contributed by atoms with Crippen LogP contribution >= 0.6 is 27.5 Å². The van der Waals surface area contributed by atoms with Crippen LogP contribution in [0.2, 0.25) is 5.02 Å². The molecule has 36 heavy (non-hydrogen) atoms. The minimum atomic E-state index is -0.874. The molecule has 4 rings (SSSR count). The molecule has 190 valence electrons. The molecular weight excluding hydrogens is 550 g/mol. The highest BCUT2D eigenvalue weighted by atomic mass is 79.9. The highest BCUT2D eigenvalue weighted by molar-refractivity contribution is 9.10. The van der Waals surface area contributed by atoms with E-state index in [9.17, 15) is 9.59 Å². The Balaban J connectivity index is 1.76. The summed E-state index contributed by atoms with van der Waals surface area (Å²) in [6, 6.07) is 8.79. The Morgan fingerprint density at radius 2 is 1.97 bits per heavy atom. The van der Waals surface area contributed by atoms with Crippen molar-refractivity contribution in [2.24, 2.45) is 5.10 Å². The summed E-state index contributed by atoms with van der Waals surface area (Å²) in [6.07, 6.45) is 5.98. The van der Waals surface area contributed by atoms with E-state index >= 15 is 0 Å². The molecule has 0 amide bonds. The Hall–Kier alpha value is -2.91. The van der Waals surface area contributed by atoms with E-state index in [4.69, 9.17) is 30.8 Å². The van der Waals surface area contributed by atoms with Crippen LogP contribution in [-0.2, 0) is 9.53 Å². The molecule has 1 aliphatic rings. The van der Waals surface area contributed by atoms with Crippen LogP contribution in [0.5, 0.6) is 11.5 Å². The molecule has 0 unspecified atom stereocenters. The van der Waals surface area contributed by atoms with Gasteiger partial charge in [0.05, 0.1) is 36.4 Å².